The Morgan fingerprint density at radius 2 is 1.65 bits per heavy atom. The number of nitrogens with one attached hydrogen (secondary N) is 1. The van der Waals surface area contributed by atoms with Crippen LogP contribution in [-0.2, 0) is 0 Å². The van der Waals surface area contributed by atoms with E-state index in [-0.39, 0.29) is 5.38 Å². The molecule has 0 saturated heterocycles. The van der Waals surface area contributed by atoms with E-state index in [1.54, 1.807) is 6.20 Å². The highest BCUT2D eigenvalue weighted by Crippen LogP contribution is 2.20. The van der Waals surface area contributed by atoms with Gasteiger partial charge in [0, 0.05) is 6.54 Å². The van der Waals surface area contributed by atoms with Gasteiger partial charge in [0.25, 0.3) is 0 Å². The molecule has 1 atom stereocenters. The van der Waals surface area contributed by atoms with Gasteiger partial charge in [-0.15, -0.1) is 11.6 Å². The third-order valence-electron chi connectivity index (χ3n) is 3.07. The number of para-hydroxylation sites is 2. The fourth-order valence-electron chi connectivity index (χ4n) is 2.02. The molecule has 20 heavy (non-hydrogen) atoms. The molecule has 0 spiro atoms. The van der Waals surface area contributed by atoms with Gasteiger partial charge in [-0.1, -0.05) is 42.5 Å². The summed E-state index contributed by atoms with van der Waals surface area (Å²) in [4.78, 5) is 8.87. The zero-order valence-electron chi connectivity index (χ0n) is 10.8. The molecule has 3 aromatic rings. The molecular formula is C16H14ClN3. The molecule has 1 heterocycles. The first-order valence-corrected chi connectivity index (χ1v) is 6.91. The molecule has 2 aromatic carbocycles. The van der Waals surface area contributed by atoms with Crippen LogP contribution >= 0.6 is 11.6 Å². The standard InChI is InChI=1S/C16H14ClN3/c17-13(12-6-2-1-3-7-12)10-19-16-11-18-14-8-4-5-9-15(14)20-16/h1-9,11,13H,10H2,(H,19,20). The second-order valence-electron chi connectivity index (χ2n) is 4.50. The molecule has 1 aromatic heterocycles. The van der Waals surface area contributed by atoms with Crippen LogP contribution in [0.4, 0.5) is 5.82 Å². The summed E-state index contributed by atoms with van der Waals surface area (Å²) in [6, 6.07) is 17.8. The van der Waals surface area contributed by atoms with E-state index >= 15 is 0 Å². The van der Waals surface area contributed by atoms with Crippen LogP contribution in [0.15, 0.2) is 60.8 Å². The SMILES string of the molecule is ClC(CNc1cnc2ccccc2n1)c1ccccc1. The molecule has 0 bridgehead atoms. The maximum absolute atomic E-state index is 6.36. The van der Waals surface area contributed by atoms with E-state index < -0.39 is 0 Å². The maximum atomic E-state index is 6.36. The number of nitrogens with zero attached hydrogens (tertiary/aromatic N) is 2. The van der Waals surface area contributed by atoms with Crippen molar-refractivity contribution in [3.8, 4) is 0 Å². The summed E-state index contributed by atoms with van der Waals surface area (Å²) >= 11 is 6.36. The smallest absolute Gasteiger partial charge is 0.145 e. The third-order valence-corrected chi connectivity index (χ3v) is 3.48. The van der Waals surface area contributed by atoms with Crippen LogP contribution in [0, 0.1) is 0 Å². The first-order chi connectivity index (χ1) is 9.83. The fourth-order valence-corrected chi connectivity index (χ4v) is 2.24. The molecule has 0 aliphatic heterocycles. The Labute approximate surface area is 122 Å². The van der Waals surface area contributed by atoms with Crippen molar-refractivity contribution in [2.24, 2.45) is 0 Å². The number of benzene rings is 2. The van der Waals surface area contributed by atoms with Crippen molar-refractivity contribution in [2.45, 2.75) is 5.38 Å². The second kappa shape index (κ2) is 5.88. The Morgan fingerprint density at radius 3 is 2.45 bits per heavy atom. The number of halogens is 1. The van der Waals surface area contributed by atoms with Crippen LogP contribution < -0.4 is 5.32 Å². The Bertz CT molecular complexity index is 700. The largest absolute Gasteiger partial charge is 0.367 e. The molecular weight excluding hydrogens is 270 g/mol. The number of anilines is 1. The van der Waals surface area contributed by atoms with E-state index in [2.05, 4.69) is 15.3 Å². The number of rotatable bonds is 4. The average molecular weight is 284 g/mol. The van der Waals surface area contributed by atoms with Gasteiger partial charge in [0.1, 0.15) is 5.82 Å². The van der Waals surface area contributed by atoms with E-state index in [0.29, 0.717) is 6.54 Å². The van der Waals surface area contributed by atoms with Crippen molar-refractivity contribution in [2.75, 3.05) is 11.9 Å². The zero-order valence-corrected chi connectivity index (χ0v) is 11.6. The first-order valence-electron chi connectivity index (χ1n) is 6.47. The minimum atomic E-state index is -0.0931. The summed E-state index contributed by atoms with van der Waals surface area (Å²) in [5, 5.41) is 3.14. The van der Waals surface area contributed by atoms with Gasteiger partial charge in [-0.05, 0) is 17.7 Å². The summed E-state index contributed by atoms with van der Waals surface area (Å²) in [7, 11) is 0. The van der Waals surface area contributed by atoms with Gasteiger partial charge >= 0.3 is 0 Å². The molecule has 0 radical (unpaired) electrons. The molecule has 0 saturated carbocycles. The monoisotopic (exact) mass is 283 g/mol. The number of alkyl halides is 1. The van der Waals surface area contributed by atoms with Gasteiger partial charge < -0.3 is 5.32 Å². The summed E-state index contributed by atoms with van der Waals surface area (Å²) in [5.74, 6) is 0.741. The van der Waals surface area contributed by atoms with Gasteiger partial charge in [0.2, 0.25) is 0 Å². The second-order valence-corrected chi connectivity index (χ2v) is 5.03. The van der Waals surface area contributed by atoms with Crippen molar-refractivity contribution in [1.82, 2.24) is 9.97 Å². The normalized spacial score (nSPS) is 12.2. The summed E-state index contributed by atoms with van der Waals surface area (Å²) in [6.45, 7) is 0.610. The molecule has 0 aliphatic rings. The third kappa shape index (κ3) is 2.89. The topological polar surface area (TPSA) is 37.8 Å². The van der Waals surface area contributed by atoms with Gasteiger partial charge in [0.05, 0.1) is 22.6 Å². The van der Waals surface area contributed by atoms with E-state index in [1.165, 1.54) is 0 Å². The predicted octanol–water partition coefficient (Wildman–Crippen LogP) is 4.02. The molecule has 3 nitrogen and oxygen atoms in total. The fraction of sp³-hybridized carbons (Fsp3) is 0.125. The molecule has 1 unspecified atom stereocenters. The summed E-state index contributed by atoms with van der Waals surface area (Å²) in [6.07, 6.45) is 1.73. The highest BCUT2D eigenvalue weighted by molar-refractivity contribution is 6.21. The van der Waals surface area contributed by atoms with Crippen molar-refractivity contribution in [3.63, 3.8) is 0 Å². The lowest BCUT2D eigenvalue weighted by Crippen LogP contribution is -2.09. The van der Waals surface area contributed by atoms with Gasteiger partial charge in [-0.2, -0.15) is 0 Å². The minimum Gasteiger partial charge on any atom is -0.367 e. The Balaban J connectivity index is 1.70. The molecule has 0 fully saturated rings. The number of hydrogen-bond acceptors (Lipinski definition) is 3. The van der Waals surface area contributed by atoms with E-state index in [1.807, 2.05) is 54.6 Å². The maximum Gasteiger partial charge on any atom is 0.145 e. The van der Waals surface area contributed by atoms with Gasteiger partial charge in [-0.25, -0.2) is 4.98 Å². The Hall–Kier alpha value is -2.13. The Kier molecular flexibility index (Phi) is 3.79. The van der Waals surface area contributed by atoms with Crippen LogP contribution in [0.25, 0.3) is 11.0 Å². The van der Waals surface area contributed by atoms with Crippen molar-refractivity contribution < 1.29 is 0 Å². The molecule has 100 valence electrons. The van der Waals surface area contributed by atoms with Crippen molar-refractivity contribution in [1.29, 1.82) is 0 Å². The van der Waals surface area contributed by atoms with E-state index in [0.717, 1.165) is 22.4 Å². The van der Waals surface area contributed by atoms with Crippen LogP contribution in [0.5, 0.6) is 0 Å². The predicted molar refractivity (Wildman–Crippen MR) is 83.1 cm³/mol. The summed E-state index contributed by atoms with van der Waals surface area (Å²) in [5.41, 5.74) is 2.86. The highest BCUT2D eigenvalue weighted by Gasteiger charge is 2.07. The van der Waals surface area contributed by atoms with Crippen LogP contribution in [0.3, 0.4) is 0 Å². The van der Waals surface area contributed by atoms with E-state index in [9.17, 15) is 0 Å². The Morgan fingerprint density at radius 1 is 0.950 bits per heavy atom. The average Bonchev–Trinajstić information content (AvgIpc) is 2.53. The molecule has 4 heteroatoms. The molecule has 0 amide bonds. The quantitative estimate of drug-likeness (QED) is 0.735. The summed E-state index contributed by atoms with van der Waals surface area (Å²) < 4.78 is 0. The van der Waals surface area contributed by atoms with E-state index in [4.69, 9.17) is 11.6 Å². The van der Waals surface area contributed by atoms with Crippen LogP contribution in [0.2, 0.25) is 0 Å². The molecule has 3 rings (SSSR count). The van der Waals surface area contributed by atoms with Gasteiger partial charge in [0.15, 0.2) is 0 Å². The lowest BCUT2D eigenvalue weighted by atomic mass is 10.1. The lowest BCUT2D eigenvalue weighted by Gasteiger charge is -2.11. The van der Waals surface area contributed by atoms with Gasteiger partial charge in [-0.3, -0.25) is 4.98 Å². The molecule has 0 aliphatic carbocycles. The van der Waals surface area contributed by atoms with Crippen molar-refractivity contribution >= 4 is 28.5 Å². The first kappa shape index (κ1) is 12.9. The number of fused-ring (bicyclic) bond motifs is 1. The number of aromatic nitrogens is 2. The van der Waals surface area contributed by atoms with Crippen molar-refractivity contribution in [3.05, 3.63) is 66.4 Å². The molecule has 1 N–H and O–H groups in total. The highest BCUT2D eigenvalue weighted by atomic mass is 35.5. The number of hydrogen-bond donors (Lipinski definition) is 1. The zero-order chi connectivity index (χ0) is 13.8. The van der Waals surface area contributed by atoms with Crippen LogP contribution in [-0.4, -0.2) is 16.5 Å². The van der Waals surface area contributed by atoms with Crippen LogP contribution in [0.1, 0.15) is 10.9 Å². The lowest BCUT2D eigenvalue weighted by molar-refractivity contribution is 0.967. The minimum absolute atomic E-state index is 0.0931.